The first-order valence-electron chi connectivity index (χ1n) is 17.1. The summed E-state index contributed by atoms with van der Waals surface area (Å²) in [7, 11) is 0. The monoisotopic (exact) mass is 655 g/mol. The first-order chi connectivity index (χ1) is 24.8. The van der Waals surface area contributed by atoms with Crippen LogP contribution in [0.4, 0.5) is 17.1 Å². The number of hydrogen-bond donors (Lipinski definition) is 0. The fourth-order valence-corrected chi connectivity index (χ4v) is 9.77. The molecule has 2 heterocycles. The van der Waals surface area contributed by atoms with Gasteiger partial charge in [0.25, 0.3) is 0 Å². The number of anilines is 3. The van der Waals surface area contributed by atoms with E-state index < -0.39 is 5.41 Å². The molecule has 1 aliphatic heterocycles. The van der Waals surface area contributed by atoms with Crippen molar-refractivity contribution in [3.05, 3.63) is 198 Å². The van der Waals surface area contributed by atoms with Gasteiger partial charge in [-0.05, 0) is 76.2 Å². The summed E-state index contributed by atoms with van der Waals surface area (Å²) >= 11 is 1.86. The molecular weight excluding hydrogens is 627 g/mol. The van der Waals surface area contributed by atoms with Crippen LogP contribution in [0.3, 0.4) is 0 Å². The topological polar surface area (TPSA) is 12.5 Å². The maximum Gasteiger partial charge on any atom is 0.140 e. The number of ether oxygens (including phenoxy) is 1. The summed E-state index contributed by atoms with van der Waals surface area (Å²) in [5.41, 5.74) is 10.2. The lowest BCUT2D eigenvalue weighted by Crippen LogP contribution is -2.32. The van der Waals surface area contributed by atoms with Crippen molar-refractivity contribution in [2.75, 3.05) is 4.90 Å². The number of thiophene rings is 1. The zero-order valence-electron chi connectivity index (χ0n) is 27.0. The normalized spacial score (nSPS) is 15.4. The highest BCUT2D eigenvalue weighted by atomic mass is 32.1. The van der Waals surface area contributed by atoms with Crippen molar-refractivity contribution in [2.45, 2.75) is 5.41 Å². The number of nitrogens with zero attached hydrogens (tertiary/aromatic N) is 1. The lowest BCUT2D eigenvalue weighted by atomic mass is 9.65. The second kappa shape index (κ2) is 10.4. The largest absolute Gasteiger partial charge is 0.456 e. The second-order valence-electron chi connectivity index (χ2n) is 13.2. The van der Waals surface area contributed by atoms with Gasteiger partial charge in [-0.1, -0.05) is 127 Å². The summed E-state index contributed by atoms with van der Waals surface area (Å²) in [6.45, 7) is 0. The number of benzene rings is 8. The van der Waals surface area contributed by atoms with Gasteiger partial charge in [-0.15, -0.1) is 11.3 Å². The van der Waals surface area contributed by atoms with Crippen molar-refractivity contribution in [3.8, 4) is 22.6 Å². The third-order valence-corrected chi connectivity index (χ3v) is 11.8. The van der Waals surface area contributed by atoms with Gasteiger partial charge < -0.3 is 9.64 Å². The molecule has 0 saturated heterocycles. The first-order valence-corrected chi connectivity index (χ1v) is 17.9. The number of hydrogen-bond acceptors (Lipinski definition) is 3. The van der Waals surface area contributed by atoms with Crippen LogP contribution < -0.4 is 9.64 Å². The van der Waals surface area contributed by atoms with E-state index in [1.807, 2.05) is 11.3 Å². The van der Waals surface area contributed by atoms with Crippen molar-refractivity contribution in [2.24, 2.45) is 0 Å². The lowest BCUT2D eigenvalue weighted by Gasteiger charge is -2.40. The predicted molar refractivity (Wildman–Crippen MR) is 209 cm³/mol. The Morgan fingerprint density at radius 2 is 1.10 bits per heavy atom. The number of fused-ring (bicyclic) bond motifs is 14. The average Bonchev–Trinajstić information content (AvgIpc) is 3.69. The number of para-hydroxylation sites is 2. The lowest BCUT2D eigenvalue weighted by molar-refractivity contribution is 0.441. The molecule has 1 unspecified atom stereocenters. The van der Waals surface area contributed by atoms with E-state index in [2.05, 4.69) is 181 Å². The minimum Gasteiger partial charge on any atom is -0.456 e. The molecule has 0 radical (unpaired) electrons. The van der Waals surface area contributed by atoms with Gasteiger partial charge in [-0.2, -0.15) is 0 Å². The van der Waals surface area contributed by atoms with Crippen molar-refractivity contribution in [3.63, 3.8) is 0 Å². The Hall–Kier alpha value is -6.16. The standard InChI is InChI=1S/C47H29NOS/c1-2-13-31(14-3-1)48(33-24-26-38-37-17-7-11-21-44(37)50-45(38)29-33)32-23-25-36-35-16-6-8-18-39(35)47(42(36)28-32)40-19-9-10-20-43(40)49-46-34-15-5-4-12-30(34)22-27-41(46)47/h1-29H. The van der Waals surface area contributed by atoms with Crippen molar-refractivity contribution < 1.29 is 4.74 Å². The predicted octanol–water partition coefficient (Wildman–Crippen LogP) is 13.1. The van der Waals surface area contributed by atoms with E-state index >= 15 is 0 Å². The SMILES string of the molecule is c1ccc(N(c2ccc3c(c2)C2(c4ccccc4Oc4c2ccc2ccccc42)c2ccccc2-3)c2ccc3c(c2)sc2ccccc23)cc1. The molecule has 9 aromatic rings. The van der Waals surface area contributed by atoms with E-state index in [9.17, 15) is 0 Å². The molecule has 1 spiro atoms. The highest BCUT2D eigenvalue weighted by Crippen LogP contribution is 2.63. The molecule has 1 atom stereocenters. The van der Waals surface area contributed by atoms with Crippen LogP contribution >= 0.6 is 11.3 Å². The molecule has 2 aliphatic rings. The molecule has 0 fully saturated rings. The quantitative estimate of drug-likeness (QED) is 0.188. The summed E-state index contributed by atoms with van der Waals surface area (Å²) in [5, 5.41) is 4.91. The maximum absolute atomic E-state index is 6.88. The molecule has 1 aliphatic carbocycles. The molecule has 234 valence electrons. The fourth-order valence-electron chi connectivity index (χ4n) is 8.63. The Balaban J connectivity index is 1.21. The van der Waals surface area contributed by atoms with E-state index in [-0.39, 0.29) is 0 Å². The molecule has 2 nitrogen and oxygen atoms in total. The van der Waals surface area contributed by atoms with E-state index in [4.69, 9.17) is 4.74 Å². The van der Waals surface area contributed by atoms with Crippen LogP contribution in [0.2, 0.25) is 0 Å². The van der Waals surface area contributed by atoms with E-state index in [1.54, 1.807) is 0 Å². The molecular formula is C47H29NOS. The smallest absolute Gasteiger partial charge is 0.140 e. The highest BCUT2D eigenvalue weighted by Gasteiger charge is 2.51. The Morgan fingerprint density at radius 3 is 2.02 bits per heavy atom. The van der Waals surface area contributed by atoms with Crippen molar-refractivity contribution in [1.82, 2.24) is 0 Å². The maximum atomic E-state index is 6.88. The van der Waals surface area contributed by atoms with Gasteiger partial charge in [0.15, 0.2) is 0 Å². The van der Waals surface area contributed by atoms with E-state index in [0.29, 0.717) is 0 Å². The molecule has 0 N–H and O–H groups in total. The minimum atomic E-state index is -0.562. The van der Waals surface area contributed by atoms with E-state index in [1.165, 1.54) is 58.9 Å². The van der Waals surface area contributed by atoms with E-state index in [0.717, 1.165) is 33.9 Å². The molecule has 8 aromatic carbocycles. The van der Waals surface area contributed by atoms with Crippen LogP contribution in [0, 0.1) is 0 Å². The average molecular weight is 656 g/mol. The molecule has 1 aromatic heterocycles. The number of rotatable bonds is 3. The zero-order chi connectivity index (χ0) is 32.8. The van der Waals surface area contributed by atoms with Crippen molar-refractivity contribution >= 4 is 59.3 Å². The van der Waals surface area contributed by atoms with Crippen LogP contribution in [0.25, 0.3) is 42.1 Å². The van der Waals surface area contributed by atoms with Crippen LogP contribution in [0.5, 0.6) is 11.5 Å². The summed E-state index contributed by atoms with van der Waals surface area (Å²) in [6, 6.07) is 64.2. The summed E-state index contributed by atoms with van der Waals surface area (Å²) < 4.78 is 9.48. The minimum absolute atomic E-state index is 0.562. The van der Waals surface area contributed by atoms with Crippen LogP contribution in [-0.2, 0) is 5.41 Å². The molecule has 11 rings (SSSR count). The highest BCUT2D eigenvalue weighted by molar-refractivity contribution is 7.25. The molecule has 50 heavy (non-hydrogen) atoms. The Kier molecular flexibility index (Phi) is 5.78. The molecule has 0 saturated carbocycles. The fraction of sp³-hybridized carbons (Fsp3) is 0.0213. The van der Waals surface area contributed by atoms with Crippen LogP contribution in [-0.4, -0.2) is 0 Å². The van der Waals surface area contributed by atoms with Crippen molar-refractivity contribution in [1.29, 1.82) is 0 Å². The third kappa shape index (κ3) is 3.73. The molecule has 0 bridgehead atoms. The molecule has 3 heteroatoms. The van der Waals surface area contributed by atoms with Gasteiger partial charge in [-0.3, -0.25) is 0 Å². The molecule has 0 amide bonds. The van der Waals surface area contributed by atoms with Crippen LogP contribution in [0.1, 0.15) is 22.3 Å². The Bertz CT molecular complexity index is 2820. The summed E-state index contributed by atoms with van der Waals surface area (Å²) in [5.74, 6) is 1.84. The van der Waals surface area contributed by atoms with Gasteiger partial charge in [0.1, 0.15) is 11.5 Å². The Labute approximate surface area is 294 Å². The van der Waals surface area contributed by atoms with Gasteiger partial charge >= 0.3 is 0 Å². The Morgan fingerprint density at radius 1 is 0.420 bits per heavy atom. The summed E-state index contributed by atoms with van der Waals surface area (Å²) in [4.78, 5) is 2.41. The van der Waals surface area contributed by atoms with Crippen LogP contribution in [0.15, 0.2) is 176 Å². The van der Waals surface area contributed by atoms with Gasteiger partial charge in [0.2, 0.25) is 0 Å². The first kappa shape index (κ1) is 27.8. The van der Waals surface area contributed by atoms with Gasteiger partial charge in [0.05, 0.1) is 5.41 Å². The third-order valence-electron chi connectivity index (χ3n) is 10.7. The van der Waals surface area contributed by atoms with Gasteiger partial charge in [-0.25, -0.2) is 0 Å². The summed E-state index contributed by atoms with van der Waals surface area (Å²) in [6.07, 6.45) is 0. The zero-order valence-corrected chi connectivity index (χ0v) is 27.8. The second-order valence-corrected chi connectivity index (χ2v) is 14.3. The van der Waals surface area contributed by atoms with Gasteiger partial charge in [0, 0.05) is 53.7 Å².